The molecular formula is C17H28IN3O2. The van der Waals surface area contributed by atoms with Crippen molar-refractivity contribution >= 4 is 35.6 Å². The first-order valence-corrected chi connectivity index (χ1v) is 7.90. The number of aliphatic hydroxyl groups is 1. The standard InChI is InChI=1S/C17H27N3O2.HI/c1-13(2)14-4-3-5-15(10-14)20-16(18)19-11-17(6-8-21)7-9-22-12-17;/h3-5,10,13,21H,6-9,11-12H2,1-2H3,(H3,18,19,20);1H. The van der Waals surface area contributed by atoms with Crippen molar-refractivity contribution in [3.8, 4) is 0 Å². The molecule has 1 aromatic rings. The predicted octanol–water partition coefficient (Wildman–Crippen LogP) is 2.94. The number of guanidine groups is 1. The fraction of sp³-hybridized carbons (Fsp3) is 0.588. The van der Waals surface area contributed by atoms with Crippen LogP contribution in [-0.2, 0) is 4.74 Å². The van der Waals surface area contributed by atoms with Crippen LogP contribution in [0.15, 0.2) is 29.3 Å². The van der Waals surface area contributed by atoms with Gasteiger partial charge in [0.1, 0.15) is 0 Å². The number of hydrogen-bond acceptors (Lipinski definition) is 3. The Bertz CT molecular complexity index is 514. The third-order valence-corrected chi connectivity index (χ3v) is 4.24. The van der Waals surface area contributed by atoms with Gasteiger partial charge in [-0.1, -0.05) is 26.0 Å². The lowest BCUT2D eigenvalue weighted by Gasteiger charge is -2.24. The minimum absolute atomic E-state index is 0. The van der Waals surface area contributed by atoms with E-state index < -0.39 is 0 Å². The smallest absolute Gasteiger partial charge is 0.193 e. The van der Waals surface area contributed by atoms with E-state index in [1.807, 2.05) is 12.1 Å². The van der Waals surface area contributed by atoms with E-state index in [9.17, 15) is 5.11 Å². The highest BCUT2D eigenvalue weighted by Crippen LogP contribution is 2.32. The Balaban J connectivity index is 0.00000264. The first-order chi connectivity index (χ1) is 10.5. The molecule has 1 aliphatic heterocycles. The van der Waals surface area contributed by atoms with Gasteiger partial charge < -0.3 is 20.9 Å². The highest BCUT2D eigenvalue weighted by molar-refractivity contribution is 14.0. The van der Waals surface area contributed by atoms with E-state index in [-0.39, 0.29) is 36.0 Å². The van der Waals surface area contributed by atoms with Gasteiger partial charge in [0.15, 0.2) is 5.96 Å². The van der Waals surface area contributed by atoms with Crippen molar-refractivity contribution in [2.24, 2.45) is 16.1 Å². The average Bonchev–Trinajstić information content (AvgIpc) is 2.95. The zero-order chi connectivity index (χ0) is 16.0. The quantitative estimate of drug-likeness (QED) is 0.366. The van der Waals surface area contributed by atoms with E-state index in [2.05, 4.69) is 36.3 Å². The summed E-state index contributed by atoms with van der Waals surface area (Å²) in [5, 5.41) is 12.4. The summed E-state index contributed by atoms with van der Waals surface area (Å²) in [5.74, 6) is 0.883. The molecule has 0 aromatic heterocycles. The first-order valence-electron chi connectivity index (χ1n) is 7.90. The highest BCUT2D eigenvalue weighted by atomic mass is 127. The second-order valence-corrected chi connectivity index (χ2v) is 6.38. The molecule has 1 aliphatic rings. The van der Waals surface area contributed by atoms with Gasteiger partial charge in [-0.2, -0.15) is 0 Å². The molecule has 0 radical (unpaired) electrons. The molecule has 1 heterocycles. The molecule has 0 amide bonds. The lowest BCUT2D eigenvalue weighted by Crippen LogP contribution is -2.30. The zero-order valence-electron chi connectivity index (χ0n) is 13.9. The van der Waals surface area contributed by atoms with Gasteiger partial charge in [-0.15, -0.1) is 24.0 Å². The van der Waals surface area contributed by atoms with Crippen LogP contribution in [-0.4, -0.2) is 37.4 Å². The number of nitrogens with zero attached hydrogens (tertiary/aromatic N) is 1. The number of aliphatic hydroxyl groups excluding tert-OH is 1. The second kappa shape index (κ2) is 9.44. The number of ether oxygens (including phenoxy) is 1. The van der Waals surface area contributed by atoms with Crippen molar-refractivity contribution < 1.29 is 9.84 Å². The van der Waals surface area contributed by atoms with Crippen LogP contribution in [0, 0.1) is 5.41 Å². The molecule has 2 rings (SSSR count). The monoisotopic (exact) mass is 433 g/mol. The van der Waals surface area contributed by atoms with Gasteiger partial charge >= 0.3 is 0 Å². The minimum Gasteiger partial charge on any atom is -0.396 e. The van der Waals surface area contributed by atoms with Crippen LogP contribution >= 0.6 is 24.0 Å². The maximum Gasteiger partial charge on any atom is 0.193 e. The topological polar surface area (TPSA) is 79.9 Å². The molecule has 0 saturated carbocycles. The van der Waals surface area contributed by atoms with E-state index in [1.54, 1.807) is 0 Å². The van der Waals surface area contributed by atoms with Crippen molar-refractivity contribution in [3.05, 3.63) is 29.8 Å². The second-order valence-electron chi connectivity index (χ2n) is 6.38. The summed E-state index contributed by atoms with van der Waals surface area (Å²) in [5.41, 5.74) is 8.15. The van der Waals surface area contributed by atoms with Gasteiger partial charge in [0.05, 0.1) is 13.2 Å². The minimum atomic E-state index is -0.0686. The van der Waals surface area contributed by atoms with E-state index >= 15 is 0 Å². The number of nitrogens with one attached hydrogen (secondary N) is 1. The summed E-state index contributed by atoms with van der Waals surface area (Å²) < 4.78 is 5.46. The van der Waals surface area contributed by atoms with Crippen LogP contribution < -0.4 is 11.1 Å². The SMILES string of the molecule is CC(C)c1cccc(NC(N)=NCC2(CCO)CCOC2)c1.I. The van der Waals surface area contributed by atoms with E-state index in [0.29, 0.717) is 31.4 Å². The maximum atomic E-state index is 9.22. The molecular weight excluding hydrogens is 405 g/mol. The third-order valence-electron chi connectivity index (χ3n) is 4.24. The normalized spacial score (nSPS) is 21.3. The van der Waals surface area contributed by atoms with E-state index in [0.717, 1.165) is 18.7 Å². The Morgan fingerprint density at radius 1 is 1.48 bits per heavy atom. The zero-order valence-corrected chi connectivity index (χ0v) is 16.2. The molecule has 0 aliphatic carbocycles. The molecule has 4 N–H and O–H groups in total. The summed E-state index contributed by atoms with van der Waals surface area (Å²) in [7, 11) is 0. The summed E-state index contributed by atoms with van der Waals surface area (Å²) >= 11 is 0. The molecule has 1 aromatic carbocycles. The van der Waals surface area contributed by atoms with Crippen LogP contribution in [0.4, 0.5) is 5.69 Å². The molecule has 0 spiro atoms. The van der Waals surface area contributed by atoms with Crippen molar-refractivity contribution in [1.29, 1.82) is 0 Å². The third kappa shape index (κ3) is 5.93. The van der Waals surface area contributed by atoms with E-state index in [1.165, 1.54) is 5.56 Å². The summed E-state index contributed by atoms with van der Waals surface area (Å²) in [6.07, 6.45) is 1.62. The van der Waals surface area contributed by atoms with Gasteiger partial charge in [0, 0.05) is 24.3 Å². The van der Waals surface area contributed by atoms with E-state index in [4.69, 9.17) is 10.5 Å². The molecule has 130 valence electrons. The molecule has 5 nitrogen and oxygen atoms in total. The Morgan fingerprint density at radius 3 is 2.87 bits per heavy atom. The Labute approximate surface area is 155 Å². The van der Waals surface area contributed by atoms with Crippen LogP contribution in [0.25, 0.3) is 0 Å². The summed E-state index contributed by atoms with van der Waals surface area (Å²) in [6.45, 7) is 6.44. The Hall–Kier alpha value is -0.860. The number of anilines is 1. The Morgan fingerprint density at radius 2 is 2.26 bits per heavy atom. The van der Waals surface area contributed by atoms with Gasteiger partial charge in [0.2, 0.25) is 0 Å². The number of benzene rings is 1. The largest absolute Gasteiger partial charge is 0.396 e. The maximum absolute atomic E-state index is 9.22. The number of nitrogens with two attached hydrogens (primary N) is 1. The molecule has 1 atom stereocenters. The van der Waals surface area contributed by atoms with Gasteiger partial charge in [0.25, 0.3) is 0 Å². The fourth-order valence-corrected chi connectivity index (χ4v) is 2.70. The lowest BCUT2D eigenvalue weighted by molar-refractivity contribution is 0.131. The predicted molar refractivity (Wildman–Crippen MR) is 106 cm³/mol. The Kier molecular flexibility index (Phi) is 8.28. The number of halogens is 1. The number of aliphatic imine (C=N–C) groups is 1. The molecule has 6 heteroatoms. The first kappa shape index (κ1) is 20.2. The van der Waals surface area contributed by atoms with Crippen LogP contribution in [0.1, 0.15) is 38.2 Å². The lowest BCUT2D eigenvalue weighted by atomic mass is 9.84. The summed E-state index contributed by atoms with van der Waals surface area (Å²) in [6, 6.07) is 8.20. The molecule has 23 heavy (non-hydrogen) atoms. The van der Waals surface area contributed by atoms with Gasteiger partial charge in [-0.3, -0.25) is 4.99 Å². The molecule has 1 unspecified atom stereocenters. The fourth-order valence-electron chi connectivity index (χ4n) is 2.70. The van der Waals surface area contributed by atoms with Crippen LogP contribution in [0.3, 0.4) is 0 Å². The molecule has 0 bridgehead atoms. The van der Waals surface area contributed by atoms with Crippen LogP contribution in [0.5, 0.6) is 0 Å². The molecule has 1 saturated heterocycles. The van der Waals surface area contributed by atoms with Crippen LogP contribution in [0.2, 0.25) is 0 Å². The van der Waals surface area contributed by atoms with Crippen molar-refractivity contribution in [1.82, 2.24) is 0 Å². The van der Waals surface area contributed by atoms with Crippen molar-refractivity contribution in [2.45, 2.75) is 32.6 Å². The number of hydrogen-bond donors (Lipinski definition) is 3. The summed E-state index contributed by atoms with van der Waals surface area (Å²) in [4.78, 5) is 4.46. The van der Waals surface area contributed by atoms with Gasteiger partial charge in [-0.25, -0.2) is 0 Å². The van der Waals surface area contributed by atoms with Gasteiger partial charge in [-0.05, 0) is 36.5 Å². The molecule has 1 fully saturated rings. The van der Waals surface area contributed by atoms with Crippen molar-refractivity contribution in [2.75, 3.05) is 31.7 Å². The van der Waals surface area contributed by atoms with Crippen molar-refractivity contribution in [3.63, 3.8) is 0 Å². The highest BCUT2D eigenvalue weighted by Gasteiger charge is 2.34. The number of rotatable bonds is 6. The average molecular weight is 433 g/mol.